The molecule has 202 valence electrons. The van der Waals surface area contributed by atoms with Crippen LogP contribution in [0.1, 0.15) is 27.0 Å². The molecule has 12 heteroatoms. The van der Waals surface area contributed by atoms with Crippen molar-refractivity contribution in [2.45, 2.75) is 13.3 Å². The summed E-state index contributed by atoms with van der Waals surface area (Å²) in [6.45, 7) is 2.11. The first kappa shape index (κ1) is 25.2. The van der Waals surface area contributed by atoms with E-state index in [4.69, 9.17) is 15.2 Å². The SMILES string of the molecule is Cc1cc(Oc2c(F)cccc2F)ncc1-n1ncc(C(=O)C2=Cc3cc(F)c(N4CCOC4=O)cc3C2)c1N. The Kier molecular flexibility index (Phi) is 6.01. The number of rotatable bonds is 6. The number of carbonyl (C=O) groups excluding carboxylic acids is 2. The Balaban J connectivity index is 1.23. The highest BCUT2D eigenvalue weighted by Crippen LogP contribution is 2.35. The van der Waals surface area contributed by atoms with Crippen molar-refractivity contribution in [2.24, 2.45) is 0 Å². The molecule has 1 fully saturated rings. The van der Waals surface area contributed by atoms with Gasteiger partial charge in [-0.25, -0.2) is 27.6 Å². The van der Waals surface area contributed by atoms with Gasteiger partial charge in [-0.2, -0.15) is 5.10 Å². The molecule has 4 aromatic rings. The molecule has 0 atom stereocenters. The Morgan fingerprint density at radius 2 is 1.85 bits per heavy atom. The zero-order chi connectivity index (χ0) is 28.1. The van der Waals surface area contributed by atoms with Gasteiger partial charge >= 0.3 is 6.09 Å². The number of nitrogen functional groups attached to an aromatic ring is 1. The number of allylic oxidation sites excluding steroid dienone is 1. The summed E-state index contributed by atoms with van der Waals surface area (Å²) >= 11 is 0. The van der Waals surface area contributed by atoms with Crippen LogP contribution in [-0.4, -0.2) is 39.8 Å². The molecule has 2 N–H and O–H groups in total. The highest BCUT2D eigenvalue weighted by Gasteiger charge is 2.30. The maximum atomic E-state index is 14.8. The minimum absolute atomic E-state index is 0.0463. The summed E-state index contributed by atoms with van der Waals surface area (Å²) in [5.41, 5.74) is 9.12. The summed E-state index contributed by atoms with van der Waals surface area (Å²) in [4.78, 5) is 30.6. The van der Waals surface area contributed by atoms with Crippen molar-refractivity contribution in [1.82, 2.24) is 14.8 Å². The van der Waals surface area contributed by atoms with Crippen molar-refractivity contribution in [3.63, 3.8) is 0 Å². The Labute approximate surface area is 225 Å². The van der Waals surface area contributed by atoms with Crippen LogP contribution in [0.2, 0.25) is 0 Å². The van der Waals surface area contributed by atoms with E-state index < -0.39 is 29.3 Å². The van der Waals surface area contributed by atoms with E-state index in [0.717, 1.165) is 12.1 Å². The van der Waals surface area contributed by atoms with Gasteiger partial charge in [0.2, 0.25) is 11.6 Å². The first-order valence-electron chi connectivity index (χ1n) is 12.2. The average Bonchev–Trinajstić information content (AvgIpc) is 3.64. The third kappa shape index (κ3) is 4.23. The van der Waals surface area contributed by atoms with Gasteiger partial charge in [-0.1, -0.05) is 6.07 Å². The summed E-state index contributed by atoms with van der Waals surface area (Å²) in [6.07, 6.45) is 3.87. The van der Waals surface area contributed by atoms with Gasteiger partial charge in [0, 0.05) is 18.1 Å². The maximum absolute atomic E-state index is 14.8. The molecular formula is C28H20F3N5O4. The fourth-order valence-electron chi connectivity index (χ4n) is 4.70. The molecule has 2 aromatic heterocycles. The van der Waals surface area contributed by atoms with Gasteiger partial charge in [-0.3, -0.25) is 9.69 Å². The number of fused-ring (bicyclic) bond motifs is 1. The number of hydrogen-bond acceptors (Lipinski definition) is 7. The largest absolute Gasteiger partial charge is 0.447 e. The molecule has 2 aromatic carbocycles. The third-order valence-corrected chi connectivity index (χ3v) is 6.73. The highest BCUT2D eigenvalue weighted by atomic mass is 19.1. The van der Waals surface area contributed by atoms with E-state index in [1.165, 1.54) is 40.2 Å². The number of hydrogen-bond donors (Lipinski definition) is 1. The van der Waals surface area contributed by atoms with Crippen LogP contribution < -0.4 is 15.4 Å². The van der Waals surface area contributed by atoms with Crippen LogP contribution in [0.15, 0.2) is 54.4 Å². The lowest BCUT2D eigenvalue weighted by Gasteiger charge is -2.15. The second-order valence-corrected chi connectivity index (χ2v) is 9.26. The number of ketones is 1. The van der Waals surface area contributed by atoms with Gasteiger partial charge in [-0.15, -0.1) is 0 Å². The number of aromatic nitrogens is 3. The quantitative estimate of drug-likeness (QED) is 0.333. The third-order valence-electron chi connectivity index (χ3n) is 6.73. The zero-order valence-corrected chi connectivity index (χ0v) is 21.0. The predicted molar refractivity (Wildman–Crippen MR) is 138 cm³/mol. The first-order valence-corrected chi connectivity index (χ1v) is 12.2. The number of halogens is 3. The number of aryl methyl sites for hydroxylation is 1. The molecule has 0 radical (unpaired) electrons. The number of pyridine rings is 1. The first-order chi connectivity index (χ1) is 19.2. The Hall–Kier alpha value is -5.13. The summed E-state index contributed by atoms with van der Waals surface area (Å²) in [5.74, 6) is -3.30. The molecule has 9 nitrogen and oxygen atoms in total. The van der Waals surface area contributed by atoms with E-state index in [-0.39, 0.29) is 48.3 Å². The van der Waals surface area contributed by atoms with E-state index in [1.807, 2.05) is 0 Å². The Bertz CT molecular complexity index is 1730. The number of nitrogens with two attached hydrogens (primary N) is 1. The Morgan fingerprint density at radius 3 is 2.55 bits per heavy atom. The van der Waals surface area contributed by atoms with Gasteiger partial charge < -0.3 is 15.2 Å². The maximum Gasteiger partial charge on any atom is 0.414 e. The van der Waals surface area contributed by atoms with Crippen molar-refractivity contribution >= 4 is 29.5 Å². The van der Waals surface area contributed by atoms with Gasteiger partial charge in [0.15, 0.2) is 17.4 Å². The fraction of sp³-hybridized carbons (Fsp3) is 0.143. The van der Waals surface area contributed by atoms with E-state index in [2.05, 4.69) is 10.1 Å². The molecule has 6 rings (SSSR count). The van der Waals surface area contributed by atoms with E-state index in [9.17, 15) is 22.8 Å². The summed E-state index contributed by atoms with van der Waals surface area (Å²) in [5, 5.41) is 4.24. The topological polar surface area (TPSA) is 113 Å². The molecule has 0 unspecified atom stereocenters. The molecule has 1 aliphatic heterocycles. The molecule has 0 bridgehead atoms. The molecule has 0 spiro atoms. The van der Waals surface area contributed by atoms with Crippen LogP contribution in [0.4, 0.5) is 29.5 Å². The number of amides is 1. The zero-order valence-electron chi connectivity index (χ0n) is 21.0. The minimum atomic E-state index is -0.871. The van der Waals surface area contributed by atoms with Crippen LogP contribution in [0.3, 0.4) is 0 Å². The van der Waals surface area contributed by atoms with Crippen LogP contribution in [0.5, 0.6) is 11.6 Å². The Morgan fingerprint density at radius 1 is 1.07 bits per heavy atom. The van der Waals surface area contributed by atoms with Crippen molar-refractivity contribution in [3.05, 3.63) is 94.1 Å². The van der Waals surface area contributed by atoms with Crippen LogP contribution >= 0.6 is 0 Å². The average molecular weight is 547 g/mol. The van der Waals surface area contributed by atoms with Crippen molar-refractivity contribution in [2.75, 3.05) is 23.8 Å². The number of anilines is 2. The molecule has 2 aliphatic rings. The number of cyclic esters (lactones) is 1. The van der Waals surface area contributed by atoms with Gasteiger partial charge in [-0.05, 0) is 54.0 Å². The summed E-state index contributed by atoms with van der Waals surface area (Å²) in [7, 11) is 0. The number of Topliss-reactive ketones (excluding diaryl/α,β-unsaturated/α-hetero) is 1. The normalized spacial score (nSPS) is 14.2. The van der Waals surface area contributed by atoms with E-state index in [1.54, 1.807) is 19.1 Å². The van der Waals surface area contributed by atoms with Gasteiger partial charge in [0.05, 0.1) is 35.9 Å². The molecule has 1 aliphatic carbocycles. The van der Waals surface area contributed by atoms with Crippen LogP contribution in [-0.2, 0) is 11.2 Å². The predicted octanol–water partition coefficient (Wildman–Crippen LogP) is 5.15. The lowest BCUT2D eigenvalue weighted by atomic mass is 10.0. The molecular weight excluding hydrogens is 527 g/mol. The number of para-hydroxylation sites is 1. The van der Waals surface area contributed by atoms with Crippen LogP contribution in [0, 0.1) is 24.4 Å². The van der Waals surface area contributed by atoms with Crippen molar-refractivity contribution in [3.8, 4) is 17.3 Å². The second-order valence-electron chi connectivity index (χ2n) is 9.26. The molecule has 1 amide bonds. The number of benzene rings is 2. The minimum Gasteiger partial charge on any atom is -0.447 e. The standard InChI is InChI=1S/C28H20F3N5O4/c1-14-7-24(40-26-19(29)3-2-4-20(26)30)33-13-23(14)36-27(32)18(12-34-36)25(37)17-8-15-10-21(31)22(11-16(15)9-17)35-5-6-39-28(35)38/h2-4,7-8,10-13H,5-6,9,32H2,1H3. The summed E-state index contributed by atoms with van der Waals surface area (Å²) in [6, 6.07) is 7.66. The lowest BCUT2D eigenvalue weighted by molar-refractivity contribution is 0.103. The number of carbonyl (C=O) groups is 2. The smallest absolute Gasteiger partial charge is 0.414 e. The second kappa shape index (κ2) is 9.56. The van der Waals surface area contributed by atoms with Crippen molar-refractivity contribution in [1.29, 1.82) is 0 Å². The fourth-order valence-corrected chi connectivity index (χ4v) is 4.70. The monoisotopic (exact) mass is 547 g/mol. The highest BCUT2D eigenvalue weighted by molar-refractivity contribution is 6.15. The lowest BCUT2D eigenvalue weighted by Crippen LogP contribution is -2.24. The molecule has 1 saturated heterocycles. The van der Waals surface area contributed by atoms with Gasteiger partial charge in [0.25, 0.3) is 0 Å². The van der Waals surface area contributed by atoms with Crippen LogP contribution in [0.25, 0.3) is 11.8 Å². The van der Waals surface area contributed by atoms with Gasteiger partial charge in [0.1, 0.15) is 18.2 Å². The number of nitrogens with zero attached hydrogens (tertiary/aromatic N) is 4. The van der Waals surface area contributed by atoms with E-state index >= 15 is 0 Å². The molecule has 3 heterocycles. The molecule has 40 heavy (non-hydrogen) atoms. The van der Waals surface area contributed by atoms with E-state index in [0.29, 0.717) is 28.0 Å². The number of ether oxygens (including phenoxy) is 2. The summed E-state index contributed by atoms with van der Waals surface area (Å²) < 4.78 is 54.2. The van der Waals surface area contributed by atoms with Crippen molar-refractivity contribution < 1.29 is 32.2 Å². The molecule has 0 saturated carbocycles.